The highest BCUT2D eigenvalue weighted by atomic mass is 16.3. The second kappa shape index (κ2) is 7.99. The highest BCUT2D eigenvalue weighted by molar-refractivity contribution is 6.03. The molecule has 6 nitrogen and oxygen atoms in total. The van der Waals surface area contributed by atoms with E-state index in [1.807, 2.05) is 37.3 Å². The van der Waals surface area contributed by atoms with Gasteiger partial charge in [-0.2, -0.15) is 0 Å². The van der Waals surface area contributed by atoms with Crippen molar-refractivity contribution in [1.29, 1.82) is 0 Å². The van der Waals surface area contributed by atoms with Gasteiger partial charge in [-0.25, -0.2) is 9.97 Å². The maximum atomic E-state index is 12.5. The Hall–Kier alpha value is -3.67. The van der Waals surface area contributed by atoms with E-state index in [4.69, 9.17) is 9.97 Å². The third-order valence-electron chi connectivity index (χ3n) is 5.36. The first-order valence-corrected chi connectivity index (χ1v) is 9.95. The highest BCUT2D eigenvalue weighted by Gasteiger charge is 2.25. The number of rotatable bonds is 5. The number of aryl methyl sites for hydroxylation is 1. The van der Waals surface area contributed by atoms with Crippen LogP contribution in [0.3, 0.4) is 0 Å². The molecule has 1 aliphatic rings. The fourth-order valence-corrected chi connectivity index (χ4v) is 3.61. The summed E-state index contributed by atoms with van der Waals surface area (Å²) >= 11 is 0. The Bertz CT molecular complexity index is 1140. The molecule has 0 unspecified atom stereocenters. The molecule has 1 aliphatic carbocycles. The molecule has 152 valence electrons. The average molecular weight is 401 g/mol. The monoisotopic (exact) mass is 401 g/mol. The number of hydrogen-bond acceptors (Lipinski definition) is 5. The molecule has 0 saturated carbocycles. The second-order valence-electron chi connectivity index (χ2n) is 7.35. The van der Waals surface area contributed by atoms with E-state index in [0.717, 1.165) is 16.8 Å². The first-order chi connectivity index (χ1) is 14.5. The number of hydrogen-bond donors (Lipinski definition) is 3. The number of nitrogens with zero attached hydrogens (tertiary/aromatic N) is 2. The standard InChI is InChI=1S/C24H23N3O3/c1-3-14(2)24(30)27-23-19(13-15-7-5-4-6-8-15)25-21-16-10-12-20(28)22(29)17(16)9-11-18(21)26-23/h4-8,10,12,28-29H,2-3,9,11,13H2,1H3,(H,26,27,30). The minimum Gasteiger partial charge on any atom is -0.504 e. The van der Waals surface area contributed by atoms with Crippen LogP contribution in [-0.4, -0.2) is 26.1 Å². The fourth-order valence-electron chi connectivity index (χ4n) is 3.61. The predicted molar refractivity (Wildman–Crippen MR) is 116 cm³/mol. The van der Waals surface area contributed by atoms with Gasteiger partial charge in [0.1, 0.15) is 0 Å². The van der Waals surface area contributed by atoms with Crippen LogP contribution in [0.15, 0.2) is 54.6 Å². The van der Waals surface area contributed by atoms with Crippen molar-refractivity contribution in [3.63, 3.8) is 0 Å². The fraction of sp³-hybridized carbons (Fsp3) is 0.208. The second-order valence-corrected chi connectivity index (χ2v) is 7.35. The number of anilines is 1. The van der Waals surface area contributed by atoms with E-state index in [1.54, 1.807) is 6.07 Å². The molecule has 4 rings (SSSR count). The normalized spacial score (nSPS) is 12.0. The number of benzene rings is 2. The number of carbonyl (C=O) groups is 1. The Morgan fingerprint density at radius 2 is 1.87 bits per heavy atom. The lowest BCUT2D eigenvalue weighted by Gasteiger charge is -2.22. The number of aromatic hydroxyl groups is 2. The number of aromatic nitrogens is 2. The van der Waals surface area contributed by atoms with E-state index >= 15 is 0 Å². The van der Waals surface area contributed by atoms with E-state index in [2.05, 4.69) is 11.9 Å². The smallest absolute Gasteiger partial charge is 0.252 e. The molecule has 0 bridgehead atoms. The summed E-state index contributed by atoms with van der Waals surface area (Å²) in [6.07, 6.45) is 2.13. The van der Waals surface area contributed by atoms with Gasteiger partial charge in [-0.3, -0.25) is 4.79 Å². The zero-order valence-corrected chi connectivity index (χ0v) is 16.8. The van der Waals surface area contributed by atoms with Gasteiger partial charge in [0.05, 0.1) is 17.1 Å². The predicted octanol–water partition coefficient (Wildman–Crippen LogP) is 4.15. The SMILES string of the molecule is C=C(CC)C(=O)Nc1nc2c(nc1Cc1ccccc1)-c1ccc(O)c(O)c1CC2. The topological polar surface area (TPSA) is 95.3 Å². The molecule has 1 heterocycles. The molecule has 30 heavy (non-hydrogen) atoms. The summed E-state index contributed by atoms with van der Waals surface area (Å²) < 4.78 is 0. The molecule has 3 aromatic rings. The number of phenolic OH excluding ortho intramolecular Hbond substituents is 2. The summed E-state index contributed by atoms with van der Waals surface area (Å²) in [6.45, 7) is 5.69. The van der Waals surface area contributed by atoms with Crippen molar-refractivity contribution in [2.24, 2.45) is 0 Å². The van der Waals surface area contributed by atoms with Crippen LogP contribution in [0.5, 0.6) is 11.5 Å². The van der Waals surface area contributed by atoms with Gasteiger partial charge >= 0.3 is 0 Å². The summed E-state index contributed by atoms with van der Waals surface area (Å²) in [5.41, 5.74) is 5.00. The lowest BCUT2D eigenvalue weighted by atomic mass is 9.90. The molecule has 0 fully saturated rings. The van der Waals surface area contributed by atoms with Gasteiger partial charge in [0.2, 0.25) is 0 Å². The Morgan fingerprint density at radius 3 is 2.60 bits per heavy atom. The van der Waals surface area contributed by atoms with Crippen LogP contribution in [-0.2, 0) is 24.1 Å². The maximum absolute atomic E-state index is 12.5. The van der Waals surface area contributed by atoms with Crippen molar-refractivity contribution in [1.82, 2.24) is 9.97 Å². The molecule has 6 heteroatoms. The van der Waals surface area contributed by atoms with Crippen molar-refractivity contribution in [3.8, 4) is 22.8 Å². The molecule has 2 aromatic carbocycles. The van der Waals surface area contributed by atoms with Gasteiger partial charge in [0.25, 0.3) is 5.91 Å². The number of amides is 1. The zero-order valence-electron chi connectivity index (χ0n) is 16.8. The van der Waals surface area contributed by atoms with Crippen molar-refractivity contribution >= 4 is 11.7 Å². The van der Waals surface area contributed by atoms with Crippen molar-refractivity contribution < 1.29 is 15.0 Å². The maximum Gasteiger partial charge on any atom is 0.252 e. The molecule has 0 atom stereocenters. The van der Waals surface area contributed by atoms with Crippen LogP contribution in [0.1, 0.15) is 35.9 Å². The van der Waals surface area contributed by atoms with Gasteiger partial charge in [-0.1, -0.05) is 43.8 Å². The molecular formula is C24H23N3O3. The molecule has 3 N–H and O–H groups in total. The van der Waals surface area contributed by atoms with Gasteiger partial charge in [0.15, 0.2) is 17.3 Å². The lowest BCUT2D eigenvalue weighted by Crippen LogP contribution is -2.19. The van der Waals surface area contributed by atoms with Crippen molar-refractivity contribution in [2.45, 2.75) is 32.6 Å². The third kappa shape index (κ3) is 3.64. The minimum absolute atomic E-state index is 0.110. The van der Waals surface area contributed by atoms with Crippen LogP contribution < -0.4 is 5.32 Å². The van der Waals surface area contributed by atoms with E-state index in [1.165, 1.54) is 6.07 Å². The van der Waals surface area contributed by atoms with Crippen LogP contribution in [0.25, 0.3) is 11.3 Å². The molecule has 0 aliphatic heterocycles. The van der Waals surface area contributed by atoms with Crippen molar-refractivity contribution in [2.75, 3.05) is 5.32 Å². The third-order valence-corrected chi connectivity index (χ3v) is 5.36. The van der Waals surface area contributed by atoms with Gasteiger partial charge in [-0.05, 0) is 37.0 Å². The first-order valence-electron chi connectivity index (χ1n) is 9.95. The lowest BCUT2D eigenvalue weighted by molar-refractivity contribution is -0.113. The first kappa shape index (κ1) is 19.6. The largest absolute Gasteiger partial charge is 0.504 e. The zero-order chi connectivity index (χ0) is 21.3. The Morgan fingerprint density at radius 1 is 1.10 bits per heavy atom. The van der Waals surface area contributed by atoms with E-state index in [9.17, 15) is 15.0 Å². The molecule has 0 radical (unpaired) electrons. The molecule has 1 amide bonds. The summed E-state index contributed by atoms with van der Waals surface area (Å²) in [7, 11) is 0. The average Bonchev–Trinajstić information content (AvgIpc) is 2.76. The summed E-state index contributed by atoms with van der Waals surface area (Å²) in [5.74, 6) is -0.0821. The summed E-state index contributed by atoms with van der Waals surface area (Å²) in [6, 6.07) is 13.1. The van der Waals surface area contributed by atoms with E-state index in [-0.39, 0.29) is 17.4 Å². The van der Waals surface area contributed by atoms with E-state index < -0.39 is 0 Å². The number of fused-ring (bicyclic) bond motifs is 3. The summed E-state index contributed by atoms with van der Waals surface area (Å²) in [4.78, 5) is 22.1. The van der Waals surface area contributed by atoms with Crippen LogP contribution in [0, 0.1) is 0 Å². The molecular weight excluding hydrogens is 378 g/mol. The molecule has 1 aromatic heterocycles. The van der Waals surface area contributed by atoms with Crippen molar-refractivity contribution in [3.05, 3.63) is 77.1 Å². The van der Waals surface area contributed by atoms with Crippen LogP contribution >= 0.6 is 0 Å². The highest BCUT2D eigenvalue weighted by Crippen LogP contribution is 2.41. The minimum atomic E-state index is -0.264. The van der Waals surface area contributed by atoms with E-state index in [0.29, 0.717) is 54.0 Å². The Kier molecular flexibility index (Phi) is 5.23. The van der Waals surface area contributed by atoms with Gasteiger partial charge < -0.3 is 15.5 Å². The van der Waals surface area contributed by atoms with Gasteiger partial charge in [0, 0.05) is 23.1 Å². The van der Waals surface area contributed by atoms with Gasteiger partial charge in [-0.15, -0.1) is 0 Å². The summed E-state index contributed by atoms with van der Waals surface area (Å²) in [5, 5.41) is 23.0. The molecule has 0 saturated heterocycles. The van der Waals surface area contributed by atoms with Crippen LogP contribution in [0.2, 0.25) is 0 Å². The number of nitrogens with one attached hydrogen (secondary N) is 1. The van der Waals surface area contributed by atoms with Crippen LogP contribution in [0.4, 0.5) is 5.82 Å². The number of phenols is 2. The number of carbonyl (C=O) groups excluding carboxylic acids is 1. The molecule has 0 spiro atoms. The Labute approximate surface area is 175 Å². The quantitative estimate of drug-likeness (QED) is 0.441. The Balaban J connectivity index is 1.82.